The van der Waals surface area contributed by atoms with E-state index in [1.807, 2.05) is 25.1 Å². The minimum absolute atomic E-state index is 0.122. The highest BCUT2D eigenvalue weighted by molar-refractivity contribution is 5.18. The van der Waals surface area contributed by atoms with Crippen LogP contribution in [0.15, 0.2) is 30.3 Å². The first-order valence-electron chi connectivity index (χ1n) is 8.06. The first-order chi connectivity index (χ1) is 9.60. The Morgan fingerprint density at radius 2 is 1.60 bits per heavy atom. The summed E-state index contributed by atoms with van der Waals surface area (Å²) in [5.41, 5.74) is 6.50. The molecule has 2 rings (SSSR count). The molecule has 2 nitrogen and oxygen atoms in total. The van der Waals surface area contributed by atoms with Crippen LogP contribution in [0.3, 0.4) is 0 Å². The summed E-state index contributed by atoms with van der Waals surface area (Å²) in [4.78, 5) is 0. The van der Waals surface area contributed by atoms with E-state index in [1.54, 1.807) is 0 Å². The molecule has 20 heavy (non-hydrogen) atoms. The van der Waals surface area contributed by atoms with Crippen molar-refractivity contribution in [2.75, 3.05) is 6.54 Å². The SMILES string of the molecule is CC(O)(Cc1ccccc1)C1(CN)CCCCCCC1. The van der Waals surface area contributed by atoms with E-state index in [2.05, 4.69) is 12.1 Å². The van der Waals surface area contributed by atoms with Crippen LogP contribution in [0.2, 0.25) is 0 Å². The average molecular weight is 275 g/mol. The lowest BCUT2D eigenvalue weighted by molar-refractivity contribution is -0.0794. The molecule has 0 bridgehead atoms. The second-order valence-corrected chi connectivity index (χ2v) is 6.69. The van der Waals surface area contributed by atoms with Gasteiger partial charge in [0.1, 0.15) is 0 Å². The minimum atomic E-state index is -0.722. The Kier molecular flexibility index (Phi) is 5.22. The van der Waals surface area contributed by atoms with Crippen LogP contribution in [-0.2, 0) is 6.42 Å². The summed E-state index contributed by atoms with van der Waals surface area (Å²) in [7, 11) is 0. The zero-order valence-electron chi connectivity index (χ0n) is 12.8. The van der Waals surface area contributed by atoms with Crippen LogP contribution in [0, 0.1) is 5.41 Å². The van der Waals surface area contributed by atoms with E-state index < -0.39 is 5.60 Å². The summed E-state index contributed by atoms with van der Waals surface area (Å²) in [6.07, 6.45) is 9.11. The van der Waals surface area contributed by atoms with Crippen LogP contribution >= 0.6 is 0 Å². The van der Waals surface area contributed by atoms with Gasteiger partial charge < -0.3 is 10.8 Å². The van der Waals surface area contributed by atoms with Crippen LogP contribution in [0.1, 0.15) is 57.4 Å². The number of hydrogen-bond acceptors (Lipinski definition) is 2. The van der Waals surface area contributed by atoms with Gasteiger partial charge in [-0.25, -0.2) is 0 Å². The molecule has 1 atom stereocenters. The molecule has 0 spiro atoms. The highest BCUT2D eigenvalue weighted by atomic mass is 16.3. The molecule has 0 amide bonds. The molecule has 1 aliphatic rings. The van der Waals surface area contributed by atoms with Crippen molar-refractivity contribution < 1.29 is 5.11 Å². The van der Waals surface area contributed by atoms with E-state index in [1.165, 1.54) is 37.7 Å². The van der Waals surface area contributed by atoms with Crippen molar-refractivity contribution in [1.82, 2.24) is 0 Å². The summed E-state index contributed by atoms with van der Waals surface area (Å²) in [5, 5.41) is 11.2. The third-order valence-electron chi connectivity index (χ3n) is 5.24. The molecular weight excluding hydrogens is 246 g/mol. The van der Waals surface area contributed by atoms with Gasteiger partial charge in [0.2, 0.25) is 0 Å². The molecule has 112 valence electrons. The zero-order chi connectivity index (χ0) is 14.5. The highest BCUT2D eigenvalue weighted by Gasteiger charge is 2.45. The lowest BCUT2D eigenvalue weighted by Gasteiger charge is -2.46. The largest absolute Gasteiger partial charge is 0.389 e. The van der Waals surface area contributed by atoms with Crippen molar-refractivity contribution in [3.63, 3.8) is 0 Å². The predicted molar refractivity (Wildman–Crippen MR) is 84.6 cm³/mol. The smallest absolute Gasteiger partial charge is 0.0727 e. The number of benzene rings is 1. The van der Waals surface area contributed by atoms with Gasteiger partial charge in [-0.05, 0) is 25.3 Å². The Bertz CT molecular complexity index is 391. The van der Waals surface area contributed by atoms with Crippen LogP contribution in [0.4, 0.5) is 0 Å². The Morgan fingerprint density at radius 1 is 1.05 bits per heavy atom. The Morgan fingerprint density at radius 3 is 2.15 bits per heavy atom. The van der Waals surface area contributed by atoms with Crippen molar-refractivity contribution in [2.24, 2.45) is 11.1 Å². The Labute approximate surface area is 123 Å². The van der Waals surface area contributed by atoms with E-state index in [0.717, 1.165) is 12.8 Å². The van der Waals surface area contributed by atoms with Crippen molar-refractivity contribution >= 4 is 0 Å². The number of rotatable bonds is 4. The zero-order valence-corrected chi connectivity index (χ0v) is 12.8. The summed E-state index contributed by atoms with van der Waals surface area (Å²) >= 11 is 0. The van der Waals surface area contributed by atoms with Gasteiger partial charge >= 0.3 is 0 Å². The van der Waals surface area contributed by atoms with Gasteiger partial charge in [-0.2, -0.15) is 0 Å². The molecule has 1 saturated carbocycles. The molecule has 0 aliphatic heterocycles. The van der Waals surface area contributed by atoms with Gasteiger partial charge in [0.25, 0.3) is 0 Å². The van der Waals surface area contributed by atoms with Gasteiger partial charge in [0, 0.05) is 18.4 Å². The first-order valence-corrected chi connectivity index (χ1v) is 8.06. The number of hydrogen-bond donors (Lipinski definition) is 2. The van der Waals surface area contributed by atoms with Crippen LogP contribution in [0.25, 0.3) is 0 Å². The fourth-order valence-corrected chi connectivity index (χ4v) is 3.73. The van der Waals surface area contributed by atoms with Crippen molar-refractivity contribution in [3.05, 3.63) is 35.9 Å². The summed E-state index contributed by atoms with van der Waals surface area (Å²) in [6, 6.07) is 10.3. The lowest BCUT2D eigenvalue weighted by atomic mass is 9.63. The molecule has 0 heterocycles. The summed E-state index contributed by atoms with van der Waals surface area (Å²) in [6.45, 7) is 2.58. The van der Waals surface area contributed by atoms with Crippen molar-refractivity contribution in [3.8, 4) is 0 Å². The van der Waals surface area contributed by atoms with Crippen LogP contribution in [-0.4, -0.2) is 17.3 Å². The molecule has 3 N–H and O–H groups in total. The van der Waals surface area contributed by atoms with E-state index >= 15 is 0 Å². The minimum Gasteiger partial charge on any atom is -0.389 e. The number of aliphatic hydroxyl groups is 1. The third-order valence-corrected chi connectivity index (χ3v) is 5.24. The quantitative estimate of drug-likeness (QED) is 0.880. The van der Waals surface area contributed by atoms with E-state index in [9.17, 15) is 5.11 Å². The predicted octanol–water partition coefficient (Wildman–Crippen LogP) is 3.67. The molecule has 1 aliphatic carbocycles. The van der Waals surface area contributed by atoms with Crippen LogP contribution < -0.4 is 5.73 Å². The standard InChI is InChI=1S/C18H29NO/c1-17(20,14-16-10-6-5-7-11-16)18(15-19)12-8-3-2-4-9-13-18/h5-7,10-11,20H,2-4,8-9,12-15,19H2,1H3. The fourth-order valence-electron chi connectivity index (χ4n) is 3.73. The van der Waals surface area contributed by atoms with Gasteiger partial charge in [-0.15, -0.1) is 0 Å². The number of nitrogens with two attached hydrogens (primary N) is 1. The first kappa shape index (κ1) is 15.5. The molecular formula is C18H29NO. The normalized spacial score (nSPS) is 22.6. The second-order valence-electron chi connectivity index (χ2n) is 6.69. The van der Waals surface area contributed by atoms with Gasteiger partial charge in [-0.3, -0.25) is 0 Å². The van der Waals surface area contributed by atoms with E-state index in [0.29, 0.717) is 13.0 Å². The molecule has 2 heteroatoms. The molecule has 0 aromatic heterocycles. The Hall–Kier alpha value is -0.860. The third kappa shape index (κ3) is 3.42. The highest BCUT2D eigenvalue weighted by Crippen LogP contribution is 2.44. The lowest BCUT2D eigenvalue weighted by Crippen LogP contribution is -2.52. The van der Waals surface area contributed by atoms with E-state index in [-0.39, 0.29) is 5.41 Å². The topological polar surface area (TPSA) is 46.2 Å². The van der Waals surface area contributed by atoms with Gasteiger partial charge in [0.05, 0.1) is 5.60 Å². The molecule has 1 unspecified atom stereocenters. The monoisotopic (exact) mass is 275 g/mol. The second kappa shape index (κ2) is 6.73. The fraction of sp³-hybridized carbons (Fsp3) is 0.667. The van der Waals surface area contributed by atoms with Crippen molar-refractivity contribution in [2.45, 2.75) is 63.9 Å². The maximum absolute atomic E-state index is 11.2. The molecule has 1 fully saturated rings. The maximum Gasteiger partial charge on any atom is 0.0727 e. The average Bonchev–Trinajstić information content (AvgIpc) is 2.39. The molecule has 1 aromatic rings. The molecule has 0 saturated heterocycles. The van der Waals surface area contributed by atoms with E-state index in [4.69, 9.17) is 5.73 Å². The Balaban J connectivity index is 2.18. The summed E-state index contributed by atoms with van der Waals surface area (Å²) < 4.78 is 0. The summed E-state index contributed by atoms with van der Waals surface area (Å²) in [5.74, 6) is 0. The van der Waals surface area contributed by atoms with Gasteiger partial charge in [-0.1, -0.05) is 62.4 Å². The molecule has 0 radical (unpaired) electrons. The maximum atomic E-state index is 11.2. The van der Waals surface area contributed by atoms with Crippen LogP contribution in [0.5, 0.6) is 0 Å². The van der Waals surface area contributed by atoms with Crippen molar-refractivity contribution in [1.29, 1.82) is 0 Å². The van der Waals surface area contributed by atoms with Gasteiger partial charge in [0.15, 0.2) is 0 Å². The molecule has 1 aromatic carbocycles.